The Balaban J connectivity index is 1.83. The number of rotatable bonds is 10. The molecular formula is C21H26N6O4. The summed E-state index contributed by atoms with van der Waals surface area (Å²) in [5, 5.41) is 6.98. The number of nitrogens with one attached hydrogen (secondary N) is 1. The first-order chi connectivity index (χ1) is 15.0. The van der Waals surface area contributed by atoms with Crippen molar-refractivity contribution in [2.24, 2.45) is 11.7 Å². The third kappa shape index (κ3) is 6.08. The summed E-state index contributed by atoms with van der Waals surface area (Å²) in [6.07, 6.45) is 1.66. The number of ether oxygens (including phenoxy) is 3. The SMILES string of the molecule is COc1ccc(-n2nc(OCC(C)C)nc2-c2ccc(OCCNC(N)=O)cc2)cn1. The Bertz CT molecular complexity index is 986. The van der Waals surface area contributed by atoms with Gasteiger partial charge in [-0.1, -0.05) is 13.8 Å². The Morgan fingerprint density at radius 2 is 1.94 bits per heavy atom. The minimum atomic E-state index is -0.582. The molecule has 0 atom stereocenters. The van der Waals surface area contributed by atoms with E-state index in [4.69, 9.17) is 19.9 Å². The zero-order valence-electron chi connectivity index (χ0n) is 17.7. The lowest BCUT2D eigenvalue weighted by molar-refractivity contribution is 0.244. The summed E-state index contributed by atoms with van der Waals surface area (Å²) in [6.45, 7) is 5.26. The molecule has 0 bridgehead atoms. The van der Waals surface area contributed by atoms with E-state index in [0.29, 0.717) is 43.1 Å². The van der Waals surface area contributed by atoms with Gasteiger partial charge in [0.15, 0.2) is 5.82 Å². The molecule has 0 saturated heterocycles. The van der Waals surface area contributed by atoms with Gasteiger partial charge < -0.3 is 25.3 Å². The molecule has 2 aromatic heterocycles. The highest BCUT2D eigenvalue weighted by Gasteiger charge is 2.16. The smallest absolute Gasteiger partial charge is 0.336 e. The number of nitrogens with two attached hydrogens (primary N) is 1. The summed E-state index contributed by atoms with van der Waals surface area (Å²) < 4.78 is 18.1. The molecule has 0 saturated carbocycles. The first-order valence-corrected chi connectivity index (χ1v) is 9.83. The van der Waals surface area contributed by atoms with Crippen LogP contribution in [0.25, 0.3) is 17.1 Å². The predicted molar refractivity (Wildman–Crippen MR) is 115 cm³/mol. The summed E-state index contributed by atoms with van der Waals surface area (Å²) in [7, 11) is 1.56. The van der Waals surface area contributed by atoms with Gasteiger partial charge in [0.2, 0.25) is 5.88 Å². The highest BCUT2D eigenvalue weighted by atomic mass is 16.5. The fourth-order valence-corrected chi connectivity index (χ4v) is 2.62. The lowest BCUT2D eigenvalue weighted by Gasteiger charge is -2.08. The van der Waals surface area contributed by atoms with Crippen molar-refractivity contribution in [1.29, 1.82) is 0 Å². The van der Waals surface area contributed by atoms with Crippen LogP contribution in [0.4, 0.5) is 4.79 Å². The molecule has 2 heterocycles. The van der Waals surface area contributed by atoms with Gasteiger partial charge in [0, 0.05) is 11.6 Å². The van der Waals surface area contributed by atoms with Crippen LogP contribution in [0.2, 0.25) is 0 Å². The van der Waals surface area contributed by atoms with Crippen LogP contribution in [0, 0.1) is 5.92 Å². The number of urea groups is 1. The van der Waals surface area contributed by atoms with Gasteiger partial charge >= 0.3 is 12.0 Å². The molecule has 0 radical (unpaired) electrons. The summed E-state index contributed by atoms with van der Waals surface area (Å²) in [5.41, 5.74) is 6.58. The van der Waals surface area contributed by atoms with Gasteiger partial charge in [-0.3, -0.25) is 0 Å². The van der Waals surface area contributed by atoms with E-state index < -0.39 is 6.03 Å². The number of methoxy groups -OCH3 is 1. The monoisotopic (exact) mass is 426 g/mol. The first-order valence-electron chi connectivity index (χ1n) is 9.83. The van der Waals surface area contributed by atoms with Gasteiger partial charge in [-0.15, -0.1) is 5.10 Å². The van der Waals surface area contributed by atoms with Crippen molar-refractivity contribution < 1.29 is 19.0 Å². The van der Waals surface area contributed by atoms with Crippen LogP contribution in [0.1, 0.15) is 13.8 Å². The number of amides is 2. The molecule has 3 N–H and O–H groups in total. The van der Waals surface area contributed by atoms with Crippen molar-refractivity contribution in [3.8, 4) is 34.7 Å². The van der Waals surface area contributed by atoms with E-state index in [1.54, 1.807) is 24.1 Å². The molecular weight excluding hydrogens is 400 g/mol. The minimum absolute atomic E-state index is 0.289. The highest BCUT2D eigenvalue weighted by molar-refractivity contribution is 5.71. The molecule has 10 heteroatoms. The Morgan fingerprint density at radius 1 is 1.16 bits per heavy atom. The van der Waals surface area contributed by atoms with E-state index in [1.165, 1.54) is 0 Å². The van der Waals surface area contributed by atoms with Gasteiger partial charge in [0.25, 0.3) is 0 Å². The number of hydrogen-bond donors (Lipinski definition) is 2. The molecule has 2 amide bonds. The average molecular weight is 426 g/mol. The molecule has 3 rings (SSSR count). The molecule has 0 unspecified atom stereocenters. The molecule has 31 heavy (non-hydrogen) atoms. The number of carbonyl (C=O) groups is 1. The van der Waals surface area contributed by atoms with E-state index in [1.807, 2.05) is 30.3 Å². The van der Waals surface area contributed by atoms with Crippen molar-refractivity contribution in [2.75, 3.05) is 26.9 Å². The zero-order valence-corrected chi connectivity index (χ0v) is 17.7. The fourth-order valence-electron chi connectivity index (χ4n) is 2.62. The number of aromatic nitrogens is 4. The van der Waals surface area contributed by atoms with Crippen molar-refractivity contribution in [3.63, 3.8) is 0 Å². The van der Waals surface area contributed by atoms with E-state index in [9.17, 15) is 4.79 Å². The number of pyridine rings is 1. The second kappa shape index (κ2) is 10.3. The van der Waals surface area contributed by atoms with Crippen LogP contribution in [-0.2, 0) is 0 Å². The summed E-state index contributed by atoms with van der Waals surface area (Å²) >= 11 is 0. The zero-order chi connectivity index (χ0) is 22.2. The molecule has 0 aliphatic carbocycles. The van der Waals surface area contributed by atoms with Crippen molar-refractivity contribution >= 4 is 6.03 Å². The molecule has 0 aliphatic heterocycles. The number of carbonyl (C=O) groups excluding carboxylic acids is 1. The maximum Gasteiger partial charge on any atom is 0.336 e. The van der Waals surface area contributed by atoms with Crippen LogP contribution in [-0.4, -0.2) is 52.6 Å². The van der Waals surface area contributed by atoms with Crippen molar-refractivity contribution in [1.82, 2.24) is 25.1 Å². The van der Waals surface area contributed by atoms with Gasteiger partial charge in [-0.2, -0.15) is 4.98 Å². The van der Waals surface area contributed by atoms with Crippen molar-refractivity contribution in [3.05, 3.63) is 42.6 Å². The number of benzene rings is 1. The average Bonchev–Trinajstić information content (AvgIpc) is 3.20. The highest BCUT2D eigenvalue weighted by Crippen LogP contribution is 2.26. The minimum Gasteiger partial charge on any atom is -0.492 e. The van der Waals surface area contributed by atoms with Crippen LogP contribution < -0.4 is 25.3 Å². The third-order valence-corrected chi connectivity index (χ3v) is 4.09. The third-order valence-electron chi connectivity index (χ3n) is 4.09. The van der Waals surface area contributed by atoms with E-state index in [0.717, 1.165) is 11.3 Å². The standard InChI is InChI=1S/C21H26N6O4/c1-14(2)13-31-21-25-19(27(26-21)16-6-9-18(29-3)24-12-16)15-4-7-17(8-5-15)30-11-10-23-20(22)28/h4-9,12,14H,10-11,13H2,1-3H3,(H3,22,23,28). The van der Waals surface area contributed by atoms with E-state index >= 15 is 0 Å². The first kappa shape index (κ1) is 21.9. The molecule has 0 fully saturated rings. The van der Waals surface area contributed by atoms with E-state index in [-0.39, 0.29) is 6.01 Å². The Morgan fingerprint density at radius 3 is 2.55 bits per heavy atom. The van der Waals surface area contributed by atoms with Gasteiger partial charge in [0.05, 0.1) is 32.1 Å². The van der Waals surface area contributed by atoms with Crippen LogP contribution >= 0.6 is 0 Å². The molecule has 3 aromatic rings. The fraction of sp³-hybridized carbons (Fsp3) is 0.333. The summed E-state index contributed by atoms with van der Waals surface area (Å²) in [6, 6.07) is 10.7. The van der Waals surface area contributed by atoms with Crippen LogP contribution in [0.3, 0.4) is 0 Å². The van der Waals surface area contributed by atoms with Crippen LogP contribution in [0.15, 0.2) is 42.6 Å². The Kier molecular flexibility index (Phi) is 7.26. The second-order valence-corrected chi connectivity index (χ2v) is 7.06. The largest absolute Gasteiger partial charge is 0.492 e. The maximum absolute atomic E-state index is 10.7. The lowest BCUT2D eigenvalue weighted by atomic mass is 10.2. The molecule has 1 aromatic carbocycles. The number of hydrogen-bond acceptors (Lipinski definition) is 7. The summed E-state index contributed by atoms with van der Waals surface area (Å²) in [4.78, 5) is 19.5. The van der Waals surface area contributed by atoms with E-state index in [2.05, 4.69) is 34.2 Å². The Labute approximate surface area is 180 Å². The molecule has 164 valence electrons. The topological polar surface area (TPSA) is 126 Å². The summed E-state index contributed by atoms with van der Waals surface area (Å²) in [5.74, 6) is 2.11. The quantitative estimate of drug-likeness (QED) is 0.477. The molecule has 0 spiro atoms. The Hall–Kier alpha value is -3.82. The van der Waals surface area contributed by atoms with Crippen molar-refractivity contribution in [2.45, 2.75) is 13.8 Å². The van der Waals surface area contributed by atoms with Gasteiger partial charge in [0.1, 0.15) is 12.4 Å². The normalized spacial score (nSPS) is 10.7. The second-order valence-electron chi connectivity index (χ2n) is 7.06. The van der Waals surface area contributed by atoms with Gasteiger partial charge in [-0.25, -0.2) is 14.5 Å². The maximum atomic E-state index is 10.7. The molecule has 0 aliphatic rings. The van der Waals surface area contributed by atoms with Gasteiger partial charge in [-0.05, 0) is 36.2 Å². The lowest BCUT2D eigenvalue weighted by Crippen LogP contribution is -2.32. The van der Waals surface area contributed by atoms with Crippen LogP contribution in [0.5, 0.6) is 17.6 Å². The number of primary amides is 1. The molecule has 10 nitrogen and oxygen atoms in total. The number of nitrogens with zero attached hydrogens (tertiary/aromatic N) is 4. The predicted octanol–water partition coefficient (Wildman–Crippen LogP) is 2.42.